The van der Waals surface area contributed by atoms with E-state index in [1.165, 1.54) is 47.2 Å². The van der Waals surface area contributed by atoms with Crippen molar-refractivity contribution in [3.05, 3.63) is 90.0 Å². The minimum atomic E-state index is -1.33. The van der Waals surface area contributed by atoms with Gasteiger partial charge in [0.25, 0.3) is 0 Å². The number of carbonyl (C=O) groups is 1. The van der Waals surface area contributed by atoms with Crippen LogP contribution in [0.2, 0.25) is 19.6 Å². The summed E-state index contributed by atoms with van der Waals surface area (Å²) in [5, 5.41) is 11.0. The van der Waals surface area contributed by atoms with Gasteiger partial charge in [-0.2, -0.15) is 0 Å². The molecule has 0 amide bonds. The average molecular weight is 674 g/mol. The fraction of sp³-hybridized carbons (Fsp3) is 0.233. The minimum absolute atomic E-state index is 0. The SMILES string of the molecule is CC(=O)/C=C(/C)O.Cc1c[c-]c(-c2ccc3cc([Si](C)(C)C)ccc3n2)c(C)c1-c1cccnc1.[Ir]. The van der Waals surface area contributed by atoms with Crippen LogP contribution in [0.25, 0.3) is 33.3 Å². The summed E-state index contributed by atoms with van der Waals surface area (Å²) < 4.78 is 0. The molecule has 0 bridgehead atoms. The van der Waals surface area contributed by atoms with E-state index in [-0.39, 0.29) is 31.6 Å². The summed E-state index contributed by atoms with van der Waals surface area (Å²) >= 11 is 0. The van der Waals surface area contributed by atoms with Gasteiger partial charge < -0.3 is 5.11 Å². The molecule has 0 spiro atoms. The van der Waals surface area contributed by atoms with Crippen LogP contribution < -0.4 is 5.19 Å². The summed E-state index contributed by atoms with van der Waals surface area (Å²) in [6.45, 7) is 14.3. The standard InChI is InChI=1S/C25H25N2Si.C5H8O2.Ir/c1-17-8-11-22(18(2)25(17)20-7-6-14-26-16-20)24-12-9-19-15-21(28(3,4)5)10-13-23(19)27-24;1-4(6)3-5(2)7;/h6-10,12-16H,1-5H3;3,6H,1-2H3;/q-1;;/b;4-3-;. The molecule has 0 aliphatic rings. The van der Waals surface area contributed by atoms with Crippen molar-refractivity contribution < 1.29 is 30.0 Å². The molecule has 0 atom stereocenters. The molecular weight excluding hydrogens is 641 g/mol. The summed E-state index contributed by atoms with van der Waals surface area (Å²) in [5.41, 5.74) is 7.81. The third-order valence-corrected chi connectivity index (χ3v) is 7.79. The van der Waals surface area contributed by atoms with E-state index in [1.807, 2.05) is 18.5 Å². The van der Waals surface area contributed by atoms with Crippen LogP contribution >= 0.6 is 0 Å². The number of hydrogen-bond donors (Lipinski definition) is 1. The second-order valence-corrected chi connectivity index (χ2v) is 14.9. The fourth-order valence-corrected chi connectivity index (χ4v) is 5.20. The van der Waals surface area contributed by atoms with Crippen molar-refractivity contribution in [1.29, 1.82) is 0 Å². The largest absolute Gasteiger partial charge is 0.512 e. The Balaban J connectivity index is 0.000000503. The smallest absolute Gasteiger partial charge is 0.155 e. The number of rotatable bonds is 4. The Kier molecular flexibility index (Phi) is 10.1. The van der Waals surface area contributed by atoms with E-state index in [0.29, 0.717) is 0 Å². The number of nitrogens with zero attached hydrogens (tertiary/aromatic N) is 2. The second-order valence-electron chi connectivity index (χ2n) is 9.84. The number of fused-ring (bicyclic) bond motifs is 1. The van der Waals surface area contributed by atoms with Gasteiger partial charge >= 0.3 is 0 Å². The number of aliphatic hydroxyl groups excluding tert-OH is 1. The van der Waals surface area contributed by atoms with Gasteiger partial charge in [-0.15, -0.1) is 28.8 Å². The van der Waals surface area contributed by atoms with Gasteiger partial charge in [0.15, 0.2) is 5.78 Å². The fourth-order valence-electron chi connectivity index (χ4n) is 4.03. The van der Waals surface area contributed by atoms with Gasteiger partial charge in [-0.05, 0) is 42.6 Å². The third kappa shape index (κ3) is 7.29. The van der Waals surface area contributed by atoms with Crippen LogP contribution in [-0.4, -0.2) is 28.9 Å². The van der Waals surface area contributed by atoms with Crippen molar-refractivity contribution in [3.8, 4) is 22.4 Å². The molecule has 2 aromatic carbocycles. The zero-order valence-electron chi connectivity index (χ0n) is 21.9. The topological polar surface area (TPSA) is 63.1 Å². The molecule has 4 aromatic rings. The Bertz CT molecular complexity index is 1390. The van der Waals surface area contributed by atoms with Crippen LogP contribution in [0.4, 0.5) is 0 Å². The molecule has 2 aromatic heterocycles. The van der Waals surface area contributed by atoms with Crippen LogP contribution in [0.1, 0.15) is 25.0 Å². The molecule has 189 valence electrons. The predicted octanol–water partition coefficient (Wildman–Crippen LogP) is 6.96. The number of ketones is 1. The van der Waals surface area contributed by atoms with Crippen molar-refractivity contribution in [2.24, 2.45) is 0 Å². The molecule has 6 heteroatoms. The molecule has 1 radical (unpaired) electrons. The predicted molar refractivity (Wildman–Crippen MR) is 149 cm³/mol. The van der Waals surface area contributed by atoms with Crippen molar-refractivity contribution in [3.63, 3.8) is 0 Å². The van der Waals surface area contributed by atoms with E-state index in [9.17, 15) is 4.79 Å². The number of pyridine rings is 2. The number of aryl methyl sites for hydroxylation is 1. The van der Waals surface area contributed by atoms with Gasteiger partial charge in [0.2, 0.25) is 0 Å². The van der Waals surface area contributed by atoms with Gasteiger partial charge in [-0.1, -0.05) is 74.6 Å². The monoisotopic (exact) mass is 674 g/mol. The van der Waals surface area contributed by atoms with Crippen LogP contribution in [0.5, 0.6) is 0 Å². The summed E-state index contributed by atoms with van der Waals surface area (Å²) in [6, 6.07) is 20.6. The first kappa shape index (κ1) is 29.3. The summed E-state index contributed by atoms with van der Waals surface area (Å²) in [7, 11) is -1.33. The van der Waals surface area contributed by atoms with E-state index in [1.54, 1.807) is 0 Å². The molecule has 4 rings (SSSR count). The van der Waals surface area contributed by atoms with Crippen LogP contribution in [-0.2, 0) is 24.9 Å². The Morgan fingerprint density at radius 1 is 1.06 bits per heavy atom. The summed E-state index contributed by atoms with van der Waals surface area (Å²) in [5.74, 6) is -0.0625. The van der Waals surface area contributed by atoms with Gasteiger partial charge in [0.1, 0.15) is 0 Å². The maximum absolute atomic E-state index is 10.0. The minimum Gasteiger partial charge on any atom is -0.512 e. The van der Waals surface area contributed by atoms with E-state index in [4.69, 9.17) is 10.1 Å². The molecule has 0 unspecified atom stereocenters. The number of aliphatic hydroxyl groups is 1. The molecule has 0 saturated heterocycles. The number of carbonyl (C=O) groups excluding carboxylic acids is 1. The first-order valence-corrected chi connectivity index (χ1v) is 15.2. The Hall–Kier alpha value is -2.92. The molecule has 0 aliphatic heterocycles. The summed E-state index contributed by atoms with van der Waals surface area (Å²) in [4.78, 5) is 19.3. The molecule has 0 aliphatic carbocycles. The first-order valence-electron chi connectivity index (χ1n) is 11.7. The maximum Gasteiger partial charge on any atom is 0.155 e. The zero-order valence-corrected chi connectivity index (χ0v) is 25.3. The Morgan fingerprint density at radius 2 is 1.78 bits per heavy atom. The number of benzene rings is 2. The van der Waals surface area contributed by atoms with E-state index in [0.717, 1.165) is 22.3 Å². The van der Waals surface area contributed by atoms with Crippen LogP contribution in [0.15, 0.2) is 72.8 Å². The molecule has 4 nitrogen and oxygen atoms in total. The van der Waals surface area contributed by atoms with E-state index < -0.39 is 8.07 Å². The Morgan fingerprint density at radius 3 is 2.33 bits per heavy atom. The number of aromatic nitrogens is 2. The number of hydrogen-bond acceptors (Lipinski definition) is 4. The maximum atomic E-state index is 10.0. The van der Waals surface area contributed by atoms with E-state index in [2.05, 4.69) is 87.0 Å². The van der Waals surface area contributed by atoms with Crippen LogP contribution in [0.3, 0.4) is 0 Å². The van der Waals surface area contributed by atoms with Crippen LogP contribution in [0, 0.1) is 19.9 Å². The molecule has 0 fully saturated rings. The zero-order chi connectivity index (χ0) is 25.8. The van der Waals surface area contributed by atoms with Gasteiger partial charge in [0.05, 0.1) is 19.3 Å². The van der Waals surface area contributed by atoms with Gasteiger partial charge in [-0.3, -0.25) is 14.8 Å². The first-order chi connectivity index (χ1) is 16.5. The molecule has 1 N–H and O–H groups in total. The van der Waals surface area contributed by atoms with Crippen molar-refractivity contribution in [2.75, 3.05) is 0 Å². The summed E-state index contributed by atoms with van der Waals surface area (Å²) in [6.07, 6.45) is 4.90. The van der Waals surface area contributed by atoms with Crippen molar-refractivity contribution >= 4 is 29.9 Å². The van der Waals surface area contributed by atoms with Gasteiger partial charge in [0, 0.05) is 38.6 Å². The molecule has 36 heavy (non-hydrogen) atoms. The third-order valence-electron chi connectivity index (χ3n) is 5.75. The molecule has 0 saturated carbocycles. The van der Waals surface area contributed by atoms with Crippen molar-refractivity contribution in [1.82, 2.24) is 9.97 Å². The molecular formula is C30H33IrN2O2Si-. The number of allylic oxidation sites excluding steroid dienone is 2. The quantitative estimate of drug-likeness (QED) is 0.110. The molecule has 2 heterocycles. The van der Waals surface area contributed by atoms with E-state index >= 15 is 0 Å². The van der Waals surface area contributed by atoms with Crippen molar-refractivity contribution in [2.45, 2.75) is 47.3 Å². The van der Waals surface area contributed by atoms with Gasteiger partial charge in [-0.25, -0.2) is 0 Å². The normalized spacial score (nSPS) is 11.4. The Labute approximate surface area is 228 Å². The average Bonchev–Trinajstić information content (AvgIpc) is 2.78. The second kappa shape index (κ2) is 12.4.